The van der Waals surface area contributed by atoms with Crippen molar-refractivity contribution in [3.8, 4) is 17.2 Å². The average Bonchev–Trinajstić information content (AvgIpc) is 3.07. The number of amides is 1. The maximum absolute atomic E-state index is 12.4. The van der Waals surface area contributed by atoms with Gasteiger partial charge in [-0.25, -0.2) is 4.79 Å². The summed E-state index contributed by atoms with van der Waals surface area (Å²) in [5.41, 5.74) is -0.448. The van der Waals surface area contributed by atoms with Crippen LogP contribution in [0.1, 0.15) is 12.2 Å². The fraction of sp³-hybridized carbons (Fsp3) is 0.368. The van der Waals surface area contributed by atoms with Crippen LogP contribution in [-0.4, -0.2) is 43.7 Å². The minimum absolute atomic E-state index is 0.0683. The molecule has 1 atom stereocenters. The number of benzene rings is 1. The van der Waals surface area contributed by atoms with Crippen molar-refractivity contribution >= 4 is 5.91 Å². The molecule has 0 N–H and O–H groups in total. The highest BCUT2D eigenvalue weighted by molar-refractivity contribution is 5.78. The Kier molecular flexibility index (Phi) is 5.46. The molecule has 1 unspecified atom stereocenters. The molecule has 7 heteroatoms. The van der Waals surface area contributed by atoms with Gasteiger partial charge in [0.25, 0.3) is 5.91 Å². The van der Waals surface area contributed by atoms with E-state index < -0.39 is 5.63 Å². The lowest BCUT2D eigenvalue weighted by molar-refractivity contribution is -0.132. The van der Waals surface area contributed by atoms with Crippen molar-refractivity contribution < 1.29 is 23.4 Å². The molecule has 1 amide bonds. The number of hydrogen-bond acceptors (Lipinski definition) is 6. The molecule has 2 heterocycles. The Morgan fingerprint density at radius 1 is 1.27 bits per heavy atom. The number of likely N-dealkylation sites (tertiary alicyclic amines) is 1. The third-order valence-electron chi connectivity index (χ3n) is 4.09. The number of methoxy groups -OCH3 is 1. The molecule has 2 aromatic rings. The first-order chi connectivity index (χ1) is 12.5. The van der Waals surface area contributed by atoms with Gasteiger partial charge in [-0.3, -0.25) is 4.79 Å². The Hall–Kier alpha value is -2.96. The molecule has 1 fully saturated rings. The number of para-hydroxylation sites is 2. The third-order valence-corrected chi connectivity index (χ3v) is 4.09. The van der Waals surface area contributed by atoms with E-state index in [1.165, 1.54) is 6.07 Å². The van der Waals surface area contributed by atoms with Gasteiger partial charge in [0.05, 0.1) is 19.7 Å². The molecular weight excluding hydrogens is 338 g/mol. The fourth-order valence-electron chi connectivity index (χ4n) is 2.86. The highest BCUT2D eigenvalue weighted by Crippen LogP contribution is 2.26. The molecule has 1 aromatic carbocycles. The second-order valence-corrected chi connectivity index (χ2v) is 6.03. The molecule has 1 aliphatic rings. The minimum atomic E-state index is -0.448. The van der Waals surface area contributed by atoms with E-state index in [1.807, 2.05) is 12.1 Å². The lowest BCUT2D eigenvalue weighted by atomic mass is 10.3. The van der Waals surface area contributed by atoms with Gasteiger partial charge in [0.2, 0.25) is 0 Å². The molecule has 0 spiro atoms. The van der Waals surface area contributed by atoms with Crippen LogP contribution in [0.3, 0.4) is 0 Å². The number of rotatable bonds is 6. The quantitative estimate of drug-likeness (QED) is 0.785. The van der Waals surface area contributed by atoms with Crippen molar-refractivity contribution in [1.29, 1.82) is 0 Å². The maximum atomic E-state index is 12.4. The van der Waals surface area contributed by atoms with Crippen LogP contribution in [0.4, 0.5) is 0 Å². The average molecular weight is 359 g/mol. The van der Waals surface area contributed by atoms with Gasteiger partial charge < -0.3 is 23.5 Å². The lowest BCUT2D eigenvalue weighted by Gasteiger charge is -2.18. The van der Waals surface area contributed by atoms with Crippen molar-refractivity contribution in [3.63, 3.8) is 0 Å². The van der Waals surface area contributed by atoms with Crippen LogP contribution in [0, 0.1) is 6.92 Å². The summed E-state index contributed by atoms with van der Waals surface area (Å²) < 4.78 is 21.5. The highest BCUT2D eigenvalue weighted by atomic mass is 16.5. The topological polar surface area (TPSA) is 78.2 Å². The SMILES string of the molecule is COc1ccccc1OCC(=O)N1CCC(Oc2cc(C)oc(=O)c2)C1. The number of ether oxygens (including phenoxy) is 3. The van der Waals surface area contributed by atoms with Crippen molar-refractivity contribution in [1.82, 2.24) is 4.90 Å². The number of hydrogen-bond donors (Lipinski definition) is 0. The predicted octanol–water partition coefficient (Wildman–Crippen LogP) is 2.02. The molecule has 3 rings (SSSR count). The first kappa shape index (κ1) is 17.8. The first-order valence-electron chi connectivity index (χ1n) is 8.37. The van der Waals surface area contributed by atoms with Gasteiger partial charge in [-0.05, 0) is 19.1 Å². The molecule has 26 heavy (non-hydrogen) atoms. The summed E-state index contributed by atoms with van der Waals surface area (Å²) in [6.45, 7) is 2.65. The summed E-state index contributed by atoms with van der Waals surface area (Å²) in [5.74, 6) is 1.95. The number of carbonyl (C=O) groups is 1. The van der Waals surface area contributed by atoms with E-state index in [0.717, 1.165) is 0 Å². The van der Waals surface area contributed by atoms with Crippen LogP contribution in [0.5, 0.6) is 17.2 Å². The Balaban J connectivity index is 1.53. The monoisotopic (exact) mass is 359 g/mol. The largest absolute Gasteiger partial charge is 0.493 e. The summed E-state index contributed by atoms with van der Waals surface area (Å²) in [6, 6.07) is 10.2. The van der Waals surface area contributed by atoms with Crippen LogP contribution < -0.4 is 19.8 Å². The van der Waals surface area contributed by atoms with Gasteiger partial charge in [0.1, 0.15) is 17.6 Å². The highest BCUT2D eigenvalue weighted by Gasteiger charge is 2.28. The summed E-state index contributed by atoms with van der Waals surface area (Å²) in [5, 5.41) is 0. The van der Waals surface area contributed by atoms with Crippen molar-refractivity contribution in [2.45, 2.75) is 19.4 Å². The summed E-state index contributed by atoms with van der Waals surface area (Å²) in [4.78, 5) is 25.4. The lowest BCUT2D eigenvalue weighted by Crippen LogP contribution is -2.34. The Morgan fingerprint density at radius 2 is 2.04 bits per heavy atom. The molecule has 0 bridgehead atoms. The second kappa shape index (κ2) is 7.95. The predicted molar refractivity (Wildman–Crippen MR) is 93.8 cm³/mol. The summed E-state index contributed by atoms with van der Waals surface area (Å²) in [7, 11) is 1.55. The van der Waals surface area contributed by atoms with Gasteiger partial charge in [0.15, 0.2) is 18.1 Å². The Bertz CT molecular complexity index is 831. The van der Waals surface area contributed by atoms with Crippen LogP contribution in [0.15, 0.2) is 45.6 Å². The summed E-state index contributed by atoms with van der Waals surface area (Å²) >= 11 is 0. The van der Waals surface area contributed by atoms with Crippen LogP contribution in [0.25, 0.3) is 0 Å². The zero-order valence-corrected chi connectivity index (χ0v) is 14.8. The fourth-order valence-corrected chi connectivity index (χ4v) is 2.86. The third kappa shape index (κ3) is 4.36. The van der Waals surface area contributed by atoms with Crippen LogP contribution >= 0.6 is 0 Å². The smallest absolute Gasteiger partial charge is 0.339 e. The van der Waals surface area contributed by atoms with Gasteiger partial charge in [-0.2, -0.15) is 0 Å². The van der Waals surface area contributed by atoms with Crippen LogP contribution in [0.2, 0.25) is 0 Å². The molecule has 0 saturated carbocycles. The summed E-state index contributed by atoms with van der Waals surface area (Å²) in [6.07, 6.45) is 0.533. The molecule has 1 aromatic heterocycles. The zero-order chi connectivity index (χ0) is 18.5. The maximum Gasteiger partial charge on any atom is 0.339 e. The Labute approximate surface area is 151 Å². The van der Waals surface area contributed by atoms with Gasteiger partial charge in [-0.1, -0.05) is 12.1 Å². The normalized spacial score (nSPS) is 16.4. The molecule has 138 valence electrons. The standard InChI is InChI=1S/C19H21NO6/c1-13-9-15(10-19(22)25-13)26-14-7-8-20(11-14)18(21)12-24-17-6-4-3-5-16(17)23-2/h3-6,9-10,14H,7-8,11-12H2,1-2H3. The van der Waals surface area contributed by atoms with Crippen LogP contribution in [-0.2, 0) is 4.79 Å². The number of aryl methyl sites for hydroxylation is 1. The molecule has 1 aliphatic heterocycles. The molecular formula is C19H21NO6. The van der Waals surface area contributed by atoms with Crippen molar-refractivity contribution in [3.05, 3.63) is 52.6 Å². The molecule has 0 radical (unpaired) electrons. The molecule has 0 aliphatic carbocycles. The zero-order valence-electron chi connectivity index (χ0n) is 14.8. The van der Waals surface area contributed by atoms with Gasteiger partial charge >= 0.3 is 5.63 Å². The van der Waals surface area contributed by atoms with Gasteiger partial charge in [0, 0.05) is 19.0 Å². The number of nitrogens with zero attached hydrogens (tertiary/aromatic N) is 1. The van der Waals surface area contributed by atoms with Crippen molar-refractivity contribution in [2.24, 2.45) is 0 Å². The van der Waals surface area contributed by atoms with E-state index in [1.54, 1.807) is 37.1 Å². The minimum Gasteiger partial charge on any atom is -0.493 e. The first-order valence-corrected chi connectivity index (χ1v) is 8.37. The van der Waals surface area contributed by atoms with Crippen molar-refractivity contribution in [2.75, 3.05) is 26.8 Å². The van der Waals surface area contributed by atoms with E-state index in [-0.39, 0.29) is 18.6 Å². The van der Waals surface area contributed by atoms with E-state index in [0.29, 0.717) is 42.5 Å². The van der Waals surface area contributed by atoms with E-state index >= 15 is 0 Å². The van der Waals surface area contributed by atoms with E-state index in [4.69, 9.17) is 18.6 Å². The molecule has 7 nitrogen and oxygen atoms in total. The Morgan fingerprint density at radius 3 is 2.77 bits per heavy atom. The molecule has 1 saturated heterocycles. The van der Waals surface area contributed by atoms with E-state index in [9.17, 15) is 9.59 Å². The van der Waals surface area contributed by atoms with E-state index in [2.05, 4.69) is 0 Å². The second-order valence-electron chi connectivity index (χ2n) is 6.03. The number of carbonyl (C=O) groups excluding carboxylic acids is 1. The van der Waals surface area contributed by atoms with Gasteiger partial charge in [-0.15, -0.1) is 0 Å².